The Bertz CT molecular complexity index is 852. The third kappa shape index (κ3) is 2.85. The molecule has 2 N–H and O–H groups in total. The Hall–Kier alpha value is -2.58. The smallest absolute Gasteiger partial charge is 0.321 e. The number of amides is 2. The second-order valence-electron chi connectivity index (χ2n) is 6.91. The van der Waals surface area contributed by atoms with Crippen molar-refractivity contribution in [1.29, 1.82) is 0 Å². The average Bonchev–Trinajstić information content (AvgIpc) is 3.07. The second-order valence-corrected chi connectivity index (χ2v) is 6.91. The van der Waals surface area contributed by atoms with Crippen LogP contribution in [-0.2, 0) is 17.5 Å². The molecule has 3 heterocycles. The van der Waals surface area contributed by atoms with Gasteiger partial charge in [-0.05, 0) is 24.6 Å². The SMILES string of the molecule is Cc1cccc2c1C1CC(c3ccnn3C)(O2)N(CCOCCO)C(=O)N1. The summed E-state index contributed by atoms with van der Waals surface area (Å²) in [5, 5.41) is 16.3. The summed E-state index contributed by atoms with van der Waals surface area (Å²) in [6, 6.07) is 7.49. The molecule has 2 aromatic rings. The molecule has 1 fully saturated rings. The van der Waals surface area contributed by atoms with Crippen molar-refractivity contribution in [3.63, 3.8) is 0 Å². The molecule has 0 spiro atoms. The van der Waals surface area contributed by atoms with Crippen LogP contribution >= 0.6 is 0 Å². The first kappa shape index (κ1) is 17.8. The number of aryl methyl sites for hydroxylation is 2. The number of nitrogens with one attached hydrogen (secondary N) is 1. The van der Waals surface area contributed by atoms with Gasteiger partial charge in [-0.2, -0.15) is 5.10 Å². The number of rotatable bonds is 6. The number of hydrogen-bond donors (Lipinski definition) is 2. The Morgan fingerprint density at radius 1 is 1.41 bits per heavy atom. The van der Waals surface area contributed by atoms with E-state index in [0.717, 1.165) is 22.6 Å². The molecule has 27 heavy (non-hydrogen) atoms. The molecule has 1 aromatic carbocycles. The van der Waals surface area contributed by atoms with Gasteiger partial charge in [0.1, 0.15) is 11.4 Å². The van der Waals surface area contributed by atoms with Gasteiger partial charge in [0.2, 0.25) is 5.72 Å². The Balaban J connectivity index is 1.77. The van der Waals surface area contributed by atoms with Crippen molar-refractivity contribution in [1.82, 2.24) is 20.0 Å². The van der Waals surface area contributed by atoms with Crippen LogP contribution in [0.4, 0.5) is 4.79 Å². The number of aromatic nitrogens is 2. The minimum absolute atomic E-state index is 0.0513. The molecule has 8 nitrogen and oxygen atoms in total. The fourth-order valence-corrected chi connectivity index (χ4v) is 4.13. The zero-order chi connectivity index (χ0) is 19.0. The van der Waals surface area contributed by atoms with Crippen molar-refractivity contribution >= 4 is 6.03 Å². The molecule has 2 aliphatic heterocycles. The van der Waals surface area contributed by atoms with Gasteiger partial charge in [-0.15, -0.1) is 0 Å². The van der Waals surface area contributed by atoms with Gasteiger partial charge in [-0.3, -0.25) is 9.58 Å². The number of aliphatic hydroxyl groups is 1. The van der Waals surface area contributed by atoms with E-state index in [0.29, 0.717) is 19.6 Å². The van der Waals surface area contributed by atoms with Gasteiger partial charge in [0.05, 0.1) is 32.4 Å². The monoisotopic (exact) mass is 372 g/mol. The first-order valence-corrected chi connectivity index (χ1v) is 9.10. The van der Waals surface area contributed by atoms with Gasteiger partial charge in [0, 0.05) is 25.2 Å². The van der Waals surface area contributed by atoms with Crippen LogP contribution in [0, 0.1) is 6.92 Å². The number of carbonyl (C=O) groups excluding carboxylic acids is 1. The fraction of sp³-hybridized carbons (Fsp3) is 0.474. The van der Waals surface area contributed by atoms with E-state index in [1.165, 1.54) is 0 Å². The highest BCUT2D eigenvalue weighted by atomic mass is 16.5. The Kier molecular flexibility index (Phi) is 4.53. The molecule has 2 amide bonds. The summed E-state index contributed by atoms with van der Waals surface area (Å²) in [5.41, 5.74) is 1.98. The highest BCUT2D eigenvalue weighted by molar-refractivity contribution is 5.78. The summed E-state index contributed by atoms with van der Waals surface area (Å²) < 4.78 is 13.7. The minimum Gasteiger partial charge on any atom is -0.461 e. The minimum atomic E-state index is -0.957. The van der Waals surface area contributed by atoms with Gasteiger partial charge < -0.3 is 19.9 Å². The van der Waals surface area contributed by atoms with Gasteiger partial charge in [-0.1, -0.05) is 12.1 Å². The lowest BCUT2D eigenvalue weighted by molar-refractivity contribution is -0.117. The predicted molar refractivity (Wildman–Crippen MR) is 97.2 cm³/mol. The molecule has 2 bridgehead atoms. The summed E-state index contributed by atoms with van der Waals surface area (Å²) in [6.07, 6.45) is 2.29. The van der Waals surface area contributed by atoms with Gasteiger partial charge >= 0.3 is 6.03 Å². The molecular formula is C19H24N4O4. The van der Waals surface area contributed by atoms with Crippen molar-refractivity contribution in [2.24, 2.45) is 7.05 Å². The molecule has 0 saturated carbocycles. The van der Waals surface area contributed by atoms with Gasteiger partial charge in [0.15, 0.2) is 0 Å². The van der Waals surface area contributed by atoms with Crippen LogP contribution in [0.15, 0.2) is 30.5 Å². The molecular weight excluding hydrogens is 348 g/mol. The van der Waals surface area contributed by atoms with E-state index < -0.39 is 5.72 Å². The quantitative estimate of drug-likeness (QED) is 0.749. The molecule has 2 unspecified atom stereocenters. The summed E-state index contributed by atoms with van der Waals surface area (Å²) in [6.45, 7) is 2.86. The third-order valence-corrected chi connectivity index (χ3v) is 5.29. The van der Waals surface area contributed by atoms with Crippen LogP contribution < -0.4 is 10.1 Å². The third-order valence-electron chi connectivity index (χ3n) is 5.29. The van der Waals surface area contributed by atoms with Crippen LogP contribution in [0.2, 0.25) is 0 Å². The molecule has 8 heteroatoms. The van der Waals surface area contributed by atoms with Gasteiger partial charge in [-0.25, -0.2) is 4.79 Å². The van der Waals surface area contributed by atoms with Crippen molar-refractivity contribution in [3.05, 3.63) is 47.3 Å². The summed E-state index contributed by atoms with van der Waals surface area (Å²) in [4.78, 5) is 14.7. The highest BCUT2D eigenvalue weighted by Gasteiger charge is 2.55. The lowest BCUT2D eigenvalue weighted by atomic mass is 9.85. The molecule has 4 rings (SSSR count). The number of ether oxygens (including phenoxy) is 2. The summed E-state index contributed by atoms with van der Waals surface area (Å²) in [7, 11) is 1.85. The van der Waals surface area contributed by atoms with E-state index >= 15 is 0 Å². The van der Waals surface area contributed by atoms with Crippen molar-refractivity contribution in [3.8, 4) is 5.75 Å². The highest BCUT2D eigenvalue weighted by Crippen LogP contribution is 2.49. The molecule has 2 atom stereocenters. The maximum Gasteiger partial charge on any atom is 0.321 e. The largest absolute Gasteiger partial charge is 0.461 e. The van der Waals surface area contributed by atoms with E-state index in [1.54, 1.807) is 15.8 Å². The second kappa shape index (κ2) is 6.86. The Morgan fingerprint density at radius 2 is 2.26 bits per heavy atom. The topological polar surface area (TPSA) is 88.8 Å². The fourth-order valence-electron chi connectivity index (χ4n) is 4.13. The lowest BCUT2D eigenvalue weighted by Crippen LogP contribution is -2.65. The molecule has 1 saturated heterocycles. The number of benzene rings is 1. The number of hydrogen-bond acceptors (Lipinski definition) is 5. The first-order valence-electron chi connectivity index (χ1n) is 9.10. The molecule has 0 radical (unpaired) electrons. The Morgan fingerprint density at radius 3 is 3.00 bits per heavy atom. The normalized spacial score (nSPS) is 23.6. The van der Waals surface area contributed by atoms with Crippen LogP contribution in [0.25, 0.3) is 0 Å². The lowest BCUT2D eigenvalue weighted by Gasteiger charge is -2.52. The number of carbonyl (C=O) groups is 1. The summed E-state index contributed by atoms with van der Waals surface area (Å²) in [5.74, 6) is 0.772. The number of aliphatic hydroxyl groups excluding tert-OH is 1. The van der Waals surface area contributed by atoms with Crippen LogP contribution in [0.1, 0.15) is 29.3 Å². The average molecular weight is 372 g/mol. The standard InChI is InChI=1S/C19H24N4O4/c1-13-4-3-5-15-17(13)14-12-19(27-15,16-6-7-20-22(16)2)23(18(25)21-14)8-10-26-11-9-24/h3-7,14,24H,8-12H2,1-2H3,(H,21,25). The van der Waals surface area contributed by atoms with Crippen LogP contribution in [0.3, 0.4) is 0 Å². The zero-order valence-electron chi connectivity index (χ0n) is 15.5. The number of fused-ring (bicyclic) bond motifs is 4. The zero-order valence-corrected chi connectivity index (χ0v) is 15.5. The van der Waals surface area contributed by atoms with E-state index in [-0.39, 0.29) is 25.3 Å². The molecule has 1 aromatic heterocycles. The molecule has 0 aliphatic carbocycles. The number of nitrogens with zero attached hydrogens (tertiary/aromatic N) is 3. The van der Waals surface area contributed by atoms with E-state index in [9.17, 15) is 4.79 Å². The van der Waals surface area contributed by atoms with Crippen LogP contribution in [-0.4, -0.2) is 52.2 Å². The maximum atomic E-state index is 13.0. The number of urea groups is 1. The van der Waals surface area contributed by atoms with E-state index in [4.69, 9.17) is 14.6 Å². The van der Waals surface area contributed by atoms with Crippen molar-refractivity contribution < 1.29 is 19.4 Å². The van der Waals surface area contributed by atoms with E-state index in [2.05, 4.69) is 10.4 Å². The summed E-state index contributed by atoms with van der Waals surface area (Å²) >= 11 is 0. The van der Waals surface area contributed by atoms with Crippen LogP contribution in [0.5, 0.6) is 5.75 Å². The first-order chi connectivity index (χ1) is 13.1. The Labute approximate surface area is 157 Å². The van der Waals surface area contributed by atoms with E-state index in [1.807, 2.05) is 38.2 Å². The molecule has 144 valence electrons. The van der Waals surface area contributed by atoms with Gasteiger partial charge in [0.25, 0.3) is 0 Å². The van der Waals surface area contributed by atoms with Crippen molar-refractivity contribution in [2.75, 3.05) is 26.4 Å². The predicted octanol–water partition coefficient (Wildman–Crippen LogP) is 1.44. The maximum absolute atomic E-state index is 13.0. The molecule has 2 aliphatic rings. The van der Waals surface area contributed by atoms with Crippen molar-refractivity contribution in [2.45, 2.75) is 25.1 Å².